The number of carbonyl (C=O) groups excluding carboxylic acids is 2. The van der Waals surface area contributed by atoms with Gasteiger partial charge in [-0.05, 0) is 24.7 Å². The number of aryl methyl sites for hydroxylation is 1. The average molecular weight is 849 g/mol. The van der Waals surface area contributed by atoms with E-state index in [1.807, 2.05) is 27.0 Å². The lowest BCUT2D eigenvalue weighted by Gasteiger charge is -2.17. The molecule has 0 bridgehead atoms. The molecule has 17 nitrogen and oxygen atoms in total. The zero-order valence-electron chi connectivity index (χ0n) is 37.4. The Morgan fingerprint density at radius 2 is 0.915 bits per heavy atom. The number of rotatable bonds is 43. The van der Waals surface area contributed by atoms with Crippen molar-refractivity contribution in [3.05, 3.63) is 11.9 Å². The number of aromatic nitrogens is 3. The molecule has 0 spiro atoms. The van der Waals surface area contributed by atoms with Crippen molar-refractivity contribution in [2.45, 2.75) is 86.6 Å². The van der Waals surface area contributed by atoms with Crippen LogP contribution in [-0.4, -0.2) is 179 Å². The van der Waals surface area contributed by atoms with Crippen LogP contribution in [0.4, 0.5) is 0 Å². The summed E-state index contributed by atoms with van der Waals surface area (Å²) in [6, 6.07) is 0. The van der Waals surface area contributed by atoms with Gasteiger partial charge in [0, 0.05) is 50.6 Å². The number of nitrogens with zero attached hydrogens (tertiary/aromatic N) is 3. The number of nitrogens with one attached hydrogen (secondary N) is 1. The Kier molecular flexibility index (Phi) is 35.0. The molecule has 1 amide bonds. The van der Waals surface area contributed by atoms with Crippen molar-refractivity contribution in [2.75, 3.05) is 152 Å². The van der Waals surface area contributed by atoms with Crippen molar-refractivity contribution in [2.24, 2.45) is 10.8 Å². The first kappa shape index (κ1) is 54.9. The van der Waals surface area contributed by atoms with E-state index in [4.69, 9.17) is 52.1 Å². The molecule has 1 aromatic rings. The predicted octanol–water partition coefficient (Wildman–Crippen LogP) is 3.73. The van der Waals surface area contributed by atoms with Crippen LogP contribution in [0.1, 0.15) is 79.3 Å². The first-order valence-corrected chi connectivity index (χ1v) is 21.5. The van der Waals surface area contributed by atoms with Gasteiger partial charge in [-0.25, -0.2) is 4.68 Å². The second-order valence-corrected chi connectivity index (χ2v) is 16.0. The quantitative estimate of drug-likeness (QED) is 0.0940. The molecule has 0 atom stereocenters. The van der Waals surface area contributed by atoms with E-state index in [1.54, 1.807) is 4.68 Å². The second-order valence-electron chi connectivity index (χ2n) is 16.0. The van der Waals surface area contributed by atoms with Crippen molar-refractivity contribution < 1.29 is 61.7 Å². The summed E-state index contributed by atoms with van der Waals surface area (Å²) in [5.74, 6) is 0.178. The standard InChI is InChI=1S/C42H80N4O13/c1-41(2,3)12-7-15-49-19-23-53-24-20-50-16-8-13-43-40(48)10-9-38-37-46(45-44-38)14-18-52-22-26-55-28-30-57-32-34-59-36-35-58-33-31-56-29-27-54-25-21-51-17-11-39(47)42(4,5)6/h37H,7-36H2,1-6H3,(H,43,48). The van der Waals surface area contributed by atoms with Gasteiger partial charge >= 0.3 is 0 Å². The summed E-state index contributed by atoms with van der Waals surface area (Å²) in [7, 11) is 0. The van der Waals surface area contributed by atoms with Crippen LogP contribution in [0.15, 0.2) is 6.20 Å². The van der Waals surface area contributed by atoms with E-state index in [0.717, 1.165) is 31.6 Å². The largest absolute Gasteiger partial charge is 0.379 e. The summed E-state index contributed by atoms with van der Waals surface area (Å²) in [6.45, 7) is 24.8. The molecule has 1 heterocycles. The third kappa shape index (κ3) is 38.5. The molecule has 59 heavy (non-hydrogen) atoms. The van der Waals surface area contributed by atoms with Crippen LogP contribution >= 0.6 is 0 Å². The van der Waals surface area contributed by atoms with Gasteiger partial charge in [0.25, 0.3) is 0 Å². The van der Waals surface area contributed by atoms with E-state index >= 15 is 0 Å². The van der Waals surface area contributed by atoms with E-state index in [2.05, 4.69) is 36.4 Å². The Balaban J connectivity index is 1.77. The molecule has 17 heteroatoms. The van der Waals surface area contributed by atoms with Gasteiger partial charge in [0.1, 0.15) is 5.78 Å². The number of ketones is 1. The molecule has 0 aliphatic carbocycles. The molecule has 0 radical (unpaired) electrons. The maximum atomic E-state index is 12.2. The number of hydrogen-bond acceptors (Lipinski definition) is 15. The molecule has 0 aromatic carbocycles. The average Bonchev–Trinajstić information content (AvgIpc) is 3.65. The molecule has 0 unspecified atom stereocenters. The SMILES string of the molecule is CC(C)(C)CCCOCCOCCOCCCNC(=O)CCc1cn(CCOCCOCCOCCOCCOCCOCCOCCOCCC(=O)C(C)(C)C)nn1. The summed E-state index contributed by atoms with van der Waals surface area (Å²) in [6.07, 6.45) is 6.10. The molecule has 0 saturated carbocycles. The van der Waals surface area contributed by atoms with Gasteiger partial charge in [0.05, 0.1) is 144 Å². The Morgan fingerprint density at radius 3 is 1.34 bits per heavy atom. The Hall–Kier alpha value is -2.16. The number of carbonyl (C=O) groups is 2. The maximum Gasteiger partial charge on any atom is 0.220 e. The summed E-state index contributed by atoms with van der Waals surface area (Å²) in [5.41, 5.74) is 0.794. The highest BCUT2D eigenvalue weighted by Crippen LogP contribution is 2.20. The van der Waals surface area contributed by atoms with Crippen molar-refractivity contribution in [3.63, 3.8) is 0 Å². The first-order chi connectivity index (χ1) is 28.5. The van der Waals surface area contributed by atoms with Crippen molar-refractivity contribution in [3.8, 4) is 0 Å². The summed E-state index contributed by atoms with van der Waals surface area (Å²) >= 11 is 0. The van der Waals surface area contributed by atoms with Crippen molar-refractivity contribution in [1.29, 1.82) is 0 Å². The number of hydrogen-bond donors (Lipinski definition) is 1. The third-order valence-electron chi connectivity index (χ3n) is 8.32. The molecule has 1 N–H and O–H groups in total. The van der Waals surface area contributed by atoms with Crippen LogP contribution in [-0.2, 0) is 74.7 Å². The van der Waals surface area contributed by atoms with Crippen molar-refractivity contribution >= 4 is 11.7 Å². The third-order valence-corrected chi connectivity index (χ3v) is 8.32. The normalized spacial score (nSPS) is 12.1. The molecule has 1 aromatic heterocycles. The molecular formula is C42H80N4O13. The predicted molar refractivity (Wildman–Crippen MR) is 223 cm³/mol. The van der Waals surface area contributed by atoms with Gasteiger partial charge in [-0.2, -0.15) is 0 Å². The minimum absolute atomic E-state index is 0.0199. The number of ether oxygens (including phenoxy) is 11. The molecule has 0 aliphatic heterocycles. The monoisotopic (exact) mass is 849 g/mol. The second kappa shape index (κ2) is 37.6. The topological polar surface area (TPSA) is 178 Å². The van der Waals surface area contributed by atoms with Crippen LogP contribution in [0.5, 0.6) is 0 Å². The highest BCUT2D eigenvalue weighted by atomic mass is 16.6. The van der Waals surface area contributed by atoms with Gasteiger partial charge in [-0.3, -0.25) is 9.59 Å². The Labute approximate surface area is 354 Å². The molecule has 346 valence electrons. The maximum absolute atomic E-state index is 12.2. The summed E-state index contributed by atoms with van der Waals surface area (Å²) in [5, 5.41) is 11.2. The van der Waals surface area contributed by atoms with Crippen LogP contribution in [0, 0.1) is 10.8 Å². The summed E-state index contributed by atoms with van der Waals surface area (Å²) < 4.78 is 62.5. The zero-order valence-corrected chi connectivity index (χ0v) is 37.4. The van der Waals surface area contributed by atoms with Gasteiger partial charge in [0.15, 0.2) is 0 Å². The molecular weight excluding hydrogens is 768 g/mol. The van der Waals surface area contributed by atoms with Gasteiger partial charge in [-0.1, -0.05) is 46.8 Å². The van der Waals surface area contributed by atoms with Gasteiger partial charge in [0.2, 0.25) is 5.91 Å². The fraction of sp³-hybridized carbons (Fsp3) is 0.905. The Bertz CT molecular complexity index is 1120. The fourth-order valence-corrected chi connectivity index (χ4v) is 4.88. The molecule has 0 saturated heterocycles. The van der Waals surface area contributed by atoms with E-state index in [0.29, 0.717) is 177 Å². The zero-order chi connectivity index (χ0) is 43.1. The lowest BCUT2D eigenvalue weighted by molar-refractivity contribution is -0.127. The fourth-order valence-electron chi connectivity index (χ4n) is 4.88. The molecule has 1 rings (SSSR count). The first-order valence-electron chi connectivity index (χ1n) is 21.5. The van der Waals surface area contributed by atoms with E-state index in [1.165, 1.54) is 0 Å². The highest BCUT2D eigenvalue weighted by molar-refractivity contribution is 5.83. The minimum atomic E-state index is -0.321. The van der Waals surface area contributed by atoms with Crippen LogP contribution in [0.3, 0.4) is 0 Å². The van der Waals surface area contributed by atoms with Crippen LogP contribution in [0.2, 0.25) is 0 Å². The highest BCUT2D eigenvalue weighted by Gasteiger charge is 2.20. The number of Topliss-reactive ketones (excluding diaryl/α,β-unsaturated/α-hetero) is 1. The lowest BCUT2D eigenvalue weighted by atomic mass is 9.89. The Morgan fingerprint density at radius 1 is 0.525 bits per heavy atom. The van der Waals surface area contributed by atoms with E-state index in [-0.39, 0.29) is 17.1 Å². The summed E-state index contributed by atoms with van der Waals surface area (Å²) in [4.78, 5) is 24.0. The molecule has 0 aliphatic rings. The van der Waals surface area contributed by atoms with Crippen molar-refractivity contribution in [1.82, 2.24) is 20.3 Å². The molecule has 0 fully saturated rings. The van der Waals surface area contributed by atoms with E-state index in [9.17, 15) is 9.59 Å². The van der Waals surface area contributed by atoms with Gasteiger partial charge < -0.3 is 57.4 Å². The number of amides is 1. The van der Waals surface area contributed by atoms with E-state index < -0.39 is 0 Å². The van der Waals surface area contributed by atoms with Crippen LogP contribution in [0.25, 0.3) is 0 Å². The smallest absolute Gasteiger partial charge is 0.220 e. The minimum Gasteiger partial charge on any atom is -0.379 e. The van der Waals surface area contributed by atoms with Gasteiger partial charge in [-0.15, -0.1) is 5.10 Å². The lowest BCUT2D eigenvalue weighted by Crippen LogP contribution is -2.25. The van der Waals surface area contributed by atoms with Crippen LogP contribution < -0.4 is 5.32 Å².